The highest BCUT2D eigenvalue weighted by molar-refractivity contribution is 5.94. The molecular formula is C14H15FN4O2. The van der Waals surface area contributed by atoms with Crippen molar-refractivity contribution in [1.82, 2.24) is 14.7 Å². The van der Waals surface area contributed by atoms with Crippen molar-refractivity contribution < 1.29 is 13.9 Å². The largest absolute Gasteiger partial charge is 0.465 e. The Labute approximate surface area is 121 Å². The van der Waals surface area contributed by atoms with Crippen LogP contribution in [0.2, 0.25) is 0 Å². The molecule has 0 amide bonds. The Hall–Kier alpha value is -2.41. The molecule has 1 aliphatic rings. The van der Waals surface area contributed by atoms with Gasteiger partial charge in [-0.3, -0.25) is 4.90 Å². The quantitative estimate of drug-likeness (QED) is 0.871. The fraction of sp³-hybridized carbons (Fsp3) is 0.286. The lowest BCUT2D eigenvalue weighted by molar-refractivity contribution is 0.0601. The number of carbonyl (C=O) groups excluding carboxylic acids is 1. The van der Waals surface area contributed by atoms with E-state index in [0.717, 1.165) is 5.56 Å². The summed E-state index contributed by atoms with van der Waals surface area (Å²) in [6, 6.07) is 6.41. The van der Waals surface area contributed by atoms with Crippen molar-refractivity contribution in [2.45, 2.75) is 13.2 Å². The first-order chi connectivity index (χ1) is 10.2. The van der Waals surface area contributed by atoms with Crippen LogP contribution in [0, 0.1) is 5.82 Å². The zero-order valence-electron chi connectivity index (χ0n) is 11.5. The zero-order chi connectivity index (χ0) is 14.8. The third-order valence-corrected chi connectivity index (χ3v) is 3.37. The second-order valence-corrected chi connectivity index (χ2v) is 4.83. The minimum Gasteiger partial charge on any atom is -0.465 e. The maximum atomic E-state index is 12.9. The van der Waals surface area contributed by atoms with Crippen LogP contribution in [-0.4, -0.2) is 34.4 Å². The molecule has 0 spiro atoms. The summed E-state index contributed by atoms with van der Waals surface area (Å²) in [6.45, 7) is 1.80. The van der Waals surface area contributed by atoms with Gasteiger partial charge < -0.3 is 10.1 Å². The summed E-state index contributed by atoms with van der Waals surface area (Å²) in [5.74, 6) is 0.0144. The van der Waals surface area contributed by atoms with E-state index in [1.54, 1.807) is 16.8 Å². The smallest absolute Gasteiger partial charge is 0.343 e. The Balaban J connectivity index is 1.72. The molecule has 3 rings (SSSR count). The number of nitrogens with one attached hydrogen (secondary N) is 1. The van der Waals surface area contributed by atoms with Crippen LogP contribution in [-0.2, 0) is 18.0 Å². The predicted octanol–water partition coefficient (Wildman–Crippen LogP) is 1.65. The number of benzene rings is 1. The predicted molar refractivity (Wildman–Crippen MR) is 74.0 cm³/mol. The lowest BCUT2D eigenvalue weighted by Gasteiger charge is -2.29. The van der Waals surface area contributed by atoms with Crippen LogP contribution in [0.3, 0.4) is 0 Å². The average molecular weight is 290 g/mol. The number of fused-ring (bicyclic) bond motifs is 1. The Kier molecular flexibility index (Phi) is 3.57. The SMILES string of the molecule is COC(=O)c1cnn2c1NCN(Cc1ccc(F)cc1)C2. The minimum atomic E-state index is -0.407. The molecule has 0 atom stereocenters. The van der Waals surface area contributed by atoms with Crippen LogP contribution in [0.15, 0.2) is 30.5 Å². The molecule has 0 saturated carbocycles. The maximum Gasteiger partial charge on any atom is 0.343 e. The normalized spacial score (nSPS) is 14.4. The van der Waals surface area contributed by atoms with E-state index >= 15 is 0 Å². The summed E-state index contributed by atoms with van der Waals surface area (Å²) in [7, 11) is 1.34. The fourth-order valence-electron chi connectivity index (χ4n) is 2.32. The molecule has 7 heteroatoms. The summed E-state index contributed by atoms with van der Waals surface area (Å²) in [4.78, 5) is 13.7. The van der Waals surface area contributed by atoms with Gasteiger partial charge in [0.05, 0.1) is 26.6 Å². The first-order valence-corrected chi connectivity index (χ1v) is 6.52. The van der Waals surface area contributed by atoms with Crippen LogP contribution < -0.4 is 5.32 Å². The first-order valence-electron chi connectivity index (χ1n) is 6.52. The maximum absolute atomic E-state index is 12.9. The lowest BCUT2D eigenvalue weighted by Crippen LogP contribution is -2.37. The highest BCUT2D eigenvalue weighted by atomic mass is 19.1. The number of hydrogen-bond donors (Lipinski definition) is 1. The van der Waals surface area contributed by atoms with Crippen molar-refractivity contribution in [3.8, 4) is 0 Å². The molecule has 1 aromatic carbocycles. The van der Waals surface area contributed by atoms with Crippen LogP contribution in [0.1, 0.15) is 15.9 Å². The second kappa shape index (κ2) is 5.53. The van der Waals surface area contributed by atoms with Gasteiger partial charge in [0.2, 0.25) is 0 Å². The summed E-state index contributed by atoms with van der Waals surface area (Å²) in [6.07, 6.45) is 1.50. The van der Waals surface area contributed by atoms with Crippen LogP contribution >= 0.6 is 0 Å². The Morgan fingerprint density at radius 3 is 2.90 bits per heavy atom. The van der Waals surface area contributed by atoms with Gasteiger partial charge in [-0.2, -0.15) is 5.10 Å². The van der Waals surface area contributed by atoms with Gasteiger partial charge >= 0.3 is 5.97 Å². The number of anilines is 1. The number of halogens is 1. The van der Waals surface area contributed by atoms with E-state index in [1.807, 2.05) is 0 Å². The summed E-state index contributed by atoms with van der Waals surface area (Å²) < 4.78 is 19.3. The molecule has 0 bridgehead atoms. The molecule has 0 radical (unpaired) electrons. The number of methoxy groups -OCH3 is 1. The molecule has 0 saturated heterocycles. The molecule has 21 heavy (non-hydrogen) atoms. The van der Waals surface area contributed by atoms with Gasteiger partial charge in [0.1, 0.15) is 17.2 Å². The third-order valence-electron chi connectivity index (χ3n) is 3.37. The third kappa shape index (κ3) is 2.73. The second-order valence-electron chi connectivity index (χ2n) is 4.83. The van der Waals surface area contributed by atoms with Gasteiger partial charge in [0.15, 0.2) is 0 Å². The Morgan fingerprint density at radius 2 is 2.19 bits per heavy atom. The molecular weight excluding hydrogens is 275 g/mol. The highest BCUT2D eigenvalue weighted by Crippen LogP contribution is 2.21. The number of hydrogen-bond acceptors (Lipinski definition) is 5. The van der Waals surface area contributed by atoms with Gasteiger partial charge in [0, 0.05) is 6.54 Å². The lowest BCUT2D eigenvalue weighted by atomic mass is 10.2. The van der Waals surface area contributed by atoms with Gasteiger partial charge in [-0.1, -0.05) is 12.1 Å². The van der Waals surface area contributed by atoms with Crippen LogP contribution in [0.4, 0.5) is 10.2 Å². The van der Waals surface area contributed by atoms with Crippen molar-refractivity contribution in [1.29, 1.82) is 0 Å². The standard InChI is InChI=1S/C14H15FN4O2/c1-21-14(20)12-6-17-19-9-18(8-16-13(12)19)7-10-2-4-11(15)5-3-10/h2-6,16H,7-9H2,1H3. The number of aromatic nitrogens is 2. The fourth-order valence-corrected chi connectivity index (χ4v) is 2.32. The molecule has 0 aliphatic carbocycles. The zero-order valence-corrected chi connectivity index (χ0v) is 11.5. The van der Waals surface area contributed by atoms with E-state index < -0.39 is 5.97 Å². The number of nitrogens with zero attached hydrogens (tertiary/aromatic N) is 3. The van der Waals surface area contributed by atoms with E-state index in [4.69, 9.17) is 4.74 Å². The molecule has 110 valence electrons. The van der Waals surface area contributed by atoms with Gasteiger partial charge in [-0.15, -0.1) is 0 Å². The van der Waals surface area contributed by atoms with E-state index in [2.05, 4.69) is 15.3 Å². The van der Waals surface area contributed by atoms with Gasteiger partial charge in [-0.25, -0.2) is 13.9 Å². The topological polar surface area (TPSA) is 59.4 Å². The van der Waals surface area contributed by atoms with Crippen molar-refractivity contribution in [2.75, 3.05) is 19.1 Å². The molecule has 1 aromatic heterocycles. The molecule has 1 N–H and O–H groups in total. The minimum absolute atomic E-state index is 0.243. The summed E-state index contributed by atoms with van der Waals surface area (Å²) >= 11 is 0. The van der Waals surface area contributed by atoms with Crippen molar-refractivity contribution in [3.05, 3.63) is 47.4 Å². The molecule has 2 aromatic rings. The molecule has 1 aliphatic heterocycles. The van der Waals surface area contributed by atoms with E-state index in [1.165, 1.54) is 25.4 Å². The molecule has 2 heterocycles. The first kappa shape index (κ1) is 13.6. The monoisotopic (exact) mass is 290 g/mol. The van der Waals surface area contributed by atoms with Crippen molar-refractivity contribution in [2.24, 2.45) is 0 Å². The van der Waals surface area contributed by atoms with Gasteiger partial charge in [0.25, 0.3) is 0 Å². The molecule has 0 unspecified atom stereocenters. The summed E-state index contributed by atoms with van der Waals surface area (Å²) in [5, 5.41) is 7.34. The van der Waals surface area contributed by atoms with Crippen LogP contribution in [0.5, 0.6) is 0 Å². The molecule has 0 fully saturated rings. The molecule has 6 nitrogen and oxygen atoms in total. The number of esters is 1. The highest BCUT2D eigenvalue weighted by Gasteiger charge is 2.23. The average Bonchev–Trinajstić information content (AvgIpc) is 2.92. The van der Waals surface area contributed by atoms with Crippen LogP contribution in [0.25, 0.3) is 0 Å². The number of rotatable bonds is 3. The number of ether oxygens (including phenoxy) is 1. The van der Waals surface area contributed by atoms with Crippen molar-refractivity contribution >= 4 is 11.8 Å². The van der Waals surface area contributed by atoms with E-state index in [0.29, 0.717) is 31.3 Å². The van der Waals surface area contributed by atoms with Gasteiger partial charge in [-0.05, 0) is 17.7 Å². The van der Waals surface area contributed by atoms with E-state index in [-0.39, 0.29) is 5.82 Å². The Morgan fingerprint density at radius 1 is 1.43 bits per heavy atom. The van der Waals surface area contributed by atoms with E-state index in [9.17, 15) is 9.18 Å². The number of carbonyl (C=O) groups is 1. The van der Waals surface area contributed by atoms with Crippen molar-refractivity contribution in [3.63, 3.8) is 0 Å². The Bertz CT molecular complexity index is 653. The summed E-state index contributed by atoms with van der Waals surface area (Å²) in [5.41, 5.74) is 1.45.